The number of aliphatic carboxylic acids is 1. The molecule has 0 saturated carbocycles. The van der Waals surface area contributed by atoms with Crippen LogP contribution in [-0.2, 0) is 9.53 Å². The van der Waals surface area contributed by atoms with Gasteiger partial charge in [-0.1, -0.05) is 0 Å². The first kappa shape index (κ1) is 11.6. The van der Waals surface area contributed by atoms with Crippen LogP contribution < -0.4 is 0 Å². The van der Waals surface area contributed by atoms with Crippen molar-refractivity contribution in [3.05, 3.63) is 11.3 Å². The quantitative estimate of drug-likeness (QED) is 0.718. The Kier molecular flexibility index (Phi) is 2.75. The molecule has 0 bridgehead atoms. The molecule has 1 N–H and O–H groups in total. The maximum Gasteiger partial charge on any atom is 0.415 e. The Morgan fingerprint density at radius 3 is 2.27 bits per heavy atom. The molecule has 5 nitrogen and oxygen atoms in total. The van der Waals surface area contributed by atoms with Gasteiger partial charge < -0.3 is 9.84 Å². The minimum atomic E-state index is -1.09. The number of carbonyl (C=O) groups excluding carboxylic acids is 1. The first-order valence-electron chi connectivity index (χ1n) is 4.66. The van der Waals surface area contributed by atoms with Gasteiger partial charge >= 0.3 is 12.1 Å². The number of carboxylic acid groups (broad SMARTS) is 1. The van der Waals surface area contributed by atoms with Gasteiger partial charge in [0.25, 0.3) is 0 Å². The van der Waals surface area contributed by atoms with Gasteiger partial charge in [-0.15, -0.1) is 0 Å². The molecule has 1 amide bonds. The highest BCUT2D eigenvalue weighted by Gasteiger charge is 2.36. The first-order chi connectivity index (χ1) is 6.72. The number of rotatable bonds is 1. The molecule has 15 heavy (non-hydrogen) atoms. The van der Waals surface area contributed by atoms with E-state index in [1.54, 1.807) is 27.7 Å². The van der Waals surface area contributed by atoms with Crippen molar-refractivity contribution in [2.45, 2.75) is 33.3 Å². The number of hydrogen-bond acceptors (Lipinski definition) is 3. The molecule has 1 aliphatic heterocycles. The van der Waals surface area contributed by atoms with Gasteiger partial charge in [0.15, 0.2) is 0 Å². The Balaban J connectivity index is 2.71. The van der Waals surface area contributed by atoms with Crippen LogP contribution in [0.15, 0.2) is 11.3 Å². The van der Waals surface area contributed by atoms with Crippen molar-refractivity contribution in [1.82, 2.24) is 4.90 Å². The summed E-state index contributed by atoms with van der Waals surface area (Å²) in [7, 11) is 0. The van der Waals surface area contributed by atoms with E-state index in [1.807, 2.05) is 0 Å². The average molecular weight is 213 g/mol. The maximum absolute atomic E-state index is 11.5. The SMILES string of the molecule is CC1=C(C(=O)O)N(C(=O)OC(C)(C)C)C1. The molecule has 0 aromatic carbocycles. The van der Waals surface area contributed by atoms with Crippen LogP contribution in [0, 0.1) is 0 Å². The first-order valence-corrected chi connectivity index (χ1v) is 4.66. The average Bonchev–Trinajstić information content (AvgIpc) is 1.94. The Hall–Kier alpha value is -1.52. The van der Waals surface area contributed by atoms with Crippen LogP contribution in [0.2, 0.25) is 0 Å². The molecule has 84 valence electrons. The summed E-state index contributed by atoms with van der Waals surface area (Å²) in [6.45, 7) is 7.23. The number of nitrogens with zero attached hydrogens (tertiary/aromatic N) is 1. The van der Waals surface area contributed by atoms with Crippen LogP contribution in [0.4, 0.5) is 4.79 Å². The number of hydrogen-bond donors (Lipinski definition) is 1. The zero-order chi connectivity index (χ0) is 11.8. The lowest BCUT2D eigenvalue weighted by molar-refractivity contribution is -0.135. The van der Waals surface area contributed by atoms with Crippen molar-refractivity contribution in [3.63, 3.8) is 0 Å². The lowest BCUT2D eigenvalue weighted by atomic mass is 10.1. The second kappa shape index (κ2) is 3.56. The van der Waals surface area contributed by atoms with E-state index in [4.69, 9.17) is 9.84 Å². The molecule has 1 aliphatic rings. The molecule has 0 aromatic rings. The molecule has 0 fully saturated rings. The van der Waals surface area contributed by atoms with Crippen LogP contribution in [0.5, 0.6) is 0 Å². The number of ether oxygens (including phenoxy) is 1. The van der Waals surface area contributed by atoms with E-state index >= 15 is 0 Å². The summed E-state index contributed by atoms with van der Waals surface area (Å²) in [5.41, 5.74) is 0.113. The molecule has 5 heteroatoms. The fourth-order valence-corrected chi connectivity index (χ4v) is 1.30. The van der Waals surface area contributed by atoms with Crippen LogP contribution in [0.25, 0.3) is 0 Å². The molecule has 0 aliphatic carbocycles. The second-order valence-electron chi connectivity index (χ2n) is 4.50. The predicted octanol–water partition coefficient (Wildman–Crippen LogP) is 1.60. The lowest BCUT2D eigenvalue weighted by Gasteiger charge is -2.34. The van der Waals surface area contributed by atoms with E-state index in [9.17, 15) is 9.59 Å². The molecule has 1 rings (SSSR count). The summed E-state index contributed by atoms with van der Waals surface area (Å²) >= 11 is 0. The Labute approximate surface area is 88.3 Å². The van der Waals surface area contributed by atoms with Gasteiger partial charge in [-0.05, 0) is 33.3 Å². The summed E-state index contributed by atoms with van der Waals surface area (Å²) in [6.07, 6.45) is -0.606. The number of carbonyl (C=O) groups is 2. The van der Waals surface area contributed by atoms with E-state index in [0.29, 0.717) is 12.1 Å². The molecule has 0 radical (unpaired) electrons. The molecule has 0 aromatic heterocycles. The van der Waals surface area contributed by atoms with Crippen molar-refractivity contribution in [2.24, 2.45) is 0 Å². The highest BCUT2D eigenvalue weighted by atomic mass is 16.6. The Morgan fingerprint density at radius 1 is 1.40 bits per heavy atom. The standard InChI is InChI=1S/C10H15NO4/c1-6-5-11(7(6)8(12)13)9(14)15-10(2,3)4/h5H2,1-4H3,(H,12,13). The minimum absolute atomic E-state index is 0.0317. The Bertz CT molecular complexity index is 338. The molecule has 0 unspecified atom stereocenters. The third-order valence-corrected chi connectivity index (χ3v) is 1.89. The predicted molar refractivity (Wildman–Crippen MR) is 53.3 cm³/mol. The normalized spacial score (nSPS) is 16.1. The van der Waals surface area contributed by atoms with Crippen molar-refractivity contribution in [1.29, 1.82) is 0 Å². The number of carboxylic acids is 1. The fourth-order valence-electron chi connectivity index (χ4n) is 1.30. The molecule has 0 spiro atoms. The van der Waals surface area contributed by atoms with Crippen molar-refractivity contribution in [2.75, 3.05) is 6.54 Å². The van der Waals surface area contributed by atoms with Crippen LogP contribution in [-0.4, -0.2) is 34.2 Å². The maximum atomic E-state index is 11.5. The highest BCUT2D eigenvalue weighted by Crippen LogP contribution is 2.25. The molecule has 0 saturated heterocycles. The van der Waals surface area contributed by atoms with Crippen LogP contribution >= 0.6 is 0 Å². The van der Waals surface area contributed by atoms with Gasteiger partial charge in [0, 0.05) is 0 Å². The van der Waals surface area contributed by atoms with Gasteiger partial charge in [-0.2, -0.15) is 0 Å². The third-order valence-electron chi connectivity index (χ3n) is 1.89. The van der Waals surface area contributed by atoms with Gasteiger partial charge in [-0.25, -0.2) is 9.59 Å². The lowest BCUT2D eigenvalue weighted by Crippen LogP contribution is -2.45. The van der Waals surface area contributed by atoms with E-state index < -0.39 is 17.7 Å². The molecular weight excluding hydrogens is 198 g/mol. The summed E-state index contributed by atoms with van der Waals surface area (Å²) in [5.74, 6) is -1.09. The molecule has 0 atom stereocenters. The van der Waals surface area contributed by atoms with E-state index in [1.165, 1.54) is 0 Å². The van der Waals surface area contributed by atoms with Gasteiger partial charge in [0.05, 0.1) is 6.54 Å². The zero-order valence-electron chi connectivity index (χ0n) is 9.33. The van der Waals surface area contributed by atoms with E-state index in [2.05, 4.69) is 0 Å². The highest BCUT2D eigenvalue weighted by molar-refractivity contribution is 5.94. The summed E-state index contributed by atoms with van der Waals surface area (Å²) in [6, 6.07) is 0. The van der Waals surface area contributed by atoms with Gasteiger partial charge in [-0.3, -0.25) is 4.90 Å². The summed E-state index contributed by atoms with van der Waals surface area (Å²) in [4.78, 5) is 23.4. The Morgan fingerprint density at radius 2 is 1.93 bits per heavy atom. The minimum Gasteiger partial charge on any atom is -0.477 e. The van der Waals surface area contributed by atoms with E-state index in [-0.39, 0.29) is 5.70 Å². The summed E-state index contributed by atoms with van der Waals surface area (Å²) in [5, 5.41) is 8.81. The topological polar surface area (TPSA) is 66.8 Å². The monoisotopic (exact) mass is 213 g/mol. The fraction of sp³-hybridized carbons (Fsp3) is 0.600. The van der Waals surface area contributed by atoms with Crippen molar-refractivity contribution < 1.29 is 19.4 Å². The van der Waals surface area contributed by atoms with Gasteiger partial charge in [0.1, 0.15) is 11.3 Å². The van der Waals surface area contributed by atoms with Crippen LogP contribution in [0.3, 0.4) is 0 Å². The molecule has 1 heterocycles. The molecular formula is C10H15NO4. The van der Waals surface area contributed by atoms with Crippen molar-refractivity contribution >= 4 is 12.1 Å². The van der Waals surface area contributed by atoms with E-state index in [0.717, 1.165) is 4.90 Å². The number of amides is 1. The van der Waals surface area contributed by atoms with Gasteiger partial charge in [0.2, 0.25) is 0 Å². The summed E-state index contributed by atoms with van der Waals surface area (Å²) < 4.78 is 5.06. The largest absolute Gasteiger partial charge is 0.477 e. The van der Waals surface area contributed by atoms with Crippen molar-refractivity contribution in [3.8, 4) is 0 Å². The smallest absolute Gasteiger partial charge is 0.415 e. The zero-order valence-corrected chi connectivity index (χ0v) is 9.33. The third kappa shape index (κ3) is 2.49. The van der Waals surface area contributed by atoms with Crippen LogP contribution in [0.1, 0.15) is 27.7 Å². The second-order valence-corrected chi connectivity index (χ2v) is 4.50.